The van der Waals surface area contributed by atoms with E-state index in [0.29, 0.717) is 16.0 Å². The lowest BCUT2D eigenvalue weighted by molar-refractivity contribution is 0.1000. The summed E-state index contributed by atoms with van der Waals surface area (Å²) in [5.41, 5.74) is 5.98. The molecule has 4 nitrogen and oxygen atoms in total. The van der Waals surface area contributed by atoms with Crippen LogP contribution in [0.25, 0.3) is 6.08 Å². The van der Waals surface area contributed by atoms with Crippen molar-refractivity contribution in [3.05, 3.63) is 34.7 Å². The van der Waals surface area contributed by atoms with Crippen LogP contribution in [0.3, 0.4) is 0 Å². The molecular weight excluding hydrogens is 202 g/mol. The van der Waals surface area contributed by atoms with Crippen molar-refractivity contribution in [3.8, 4) is 0 Å². The Balaban J connectivity index is 2.67. The third kappa shape index (κ3) is 1.22. The van der Waals surface area contributed by atoms with Gasteiger partial charge in [-0.1, -0.05) is 6.07 Å². The summed E-state index contributed by atoms with van der Waals surface area (Å²) in [4.78, 5) is 11.4. The fraction of sp³-hybridized carbons (Fsp3) is 0. The predicted molar refractivity (Wildman–Crippen MR) is 55.1 cm³/mol. The molecule has 0 spiro atoms. The number of benzene rings is 1. The first-order chi connectivity index (χ1) is 6.52. The molecule has 4 N–H and O–H groups in total. The largest absolute Gasteiger partial charge is 0.366 e. The van der Waals surface area contributed by atoms with Crippen LogP contribution in [0.2, 0.25) is 0 Å². The fourth-order valence-corrected chi connectivity index (χ4v) is 2.68. The van der Waals surface area contributed by atoms with Gasteiger partial charge in [-0.25, -0.2) is 0 Å². The highest BCUT2D eigenvalue weighted by Gasteiger charge is 2.24. The van der Waals surface area contributed by atoms with E-state index in [0.717, 1.165) is 0 Å². The summed E-state index contributed by atoms with van der Waals surface area (Å²) < 4.78 is 19.1. The molecule has 0 radical (unpaired) electrons. The molecule has 0 fully saturated rings. The van der Waals surface area contributed by atoms with E-state index < -0.39 is 16.5 Å². The molecule has 0 aromatic heterocycles. The molecular formula is C9H9NO3S. The van der Waals surface area contributed by atoms with E-state index in [4.69, 9.17) is 5.73 Å². The molecule has 14 heavy (non-hydrogen) atoms. The van der Waals surface area contributed by atoms with E-state index in [1.807, 2.05) is 0 Å². The van der Waals surface area contributed by atoms with Crippen LogP contribution in [0.4, 0.5) is 0 Å². The van der Waals surface area contributed by atoms with Gasteiger partial charge in [-0.2, -0.15) is 0 Å². The van der Waals surface area contributed by atoms with Crippen LogP contribution < -0.4 is 5.73 Å². The minimum absolute atomic E-state index is 0.316. The zero-order chi connectivity index (χ0) is 10.3. The maximum atomic E-state index is 11.0. The van der Waals surface area contributed by atoms with Crippen molar-refractivity contribution < 1.29 is 13.9 Å². The monoisotopic (exact) mass is 211 g/mol. The van der Waals surface area contributed by atoms with Crippen LogP contribution in [-0.2, 0) is 0 Å². The molecule has 0 aliphatic carbocycles. The van der Waals surface area contributed by atoms with Crippen LogP contribution in [0.5, 0.6) is 0 Å². The minimum Gasteiger partial charge on any atom is -0.366 e. The molecule has 0 saturated heterocycles. The van der Waals surface area contributed by atoms with Crippen molar-refractivity contribution in [2.75, 3.05) is 0 Å². The molecule has 2 rings (SSSR count). The van der Waals surface area contributed by atoms with Gasteiger partial charge < -0.3 is 5.73 Å². The highest BCUT2D eigenvalue weighted by molar-refractivity contribution is 8.27. The van der Waals surface area contributed by atoms with Crippen molar-refractivity contribution in [2.24, 2.45) is 5.73 Å². The van der Waals surface area contributed by atoms with E-state index in [2.05, 4.69) is 0 Å². The lowest BCUT2D eigenvalue weighted by Gasteiger charge is -2.25. The van der Waals surface area contributed by atoms with Gasteiger partial charge in [-0.3, -0.25) is 13.9 Å². The maximum Gasteiger partial charge on any atom is 0.249 e. The van der Waals surface area contributed by atoms with Crippen LogP contribution in [0.15, 0.2) is 28.5 Å². The number of hydrogen-bond donors (Lipinski definition) is 3. The van der Waals surface area contributed by atoms with Crippen LogP contribution in [-0.4, -0.2) is 15.0 Å². The SMILES string of the molecule is NC(=O)c1cccc2c1C=CS2(O)O. The van der Waals surface area contributed by atoms with Gasteiger partial charge in [0.25, 0.3) is 0 Å². The van der Waals surface area contributed by atoms with Crippen LogP contribution >= 0.6 is 10.6 Å². The van der Waals surface area contributed by atoms with E-state index in [-0.39, 0.29) is 0 Å². The second-order valence-electron chi connectivity index (χ2n) is 2.98. The molecule has 5 heteroatoms. The lowest BCUT2D eigenvalue weighted by atomic mass is 10.1. The number of carbonyl (C=O) groups is 1. The summed E-state index contributed by atoms with van der Waals surface area (Å²) in [6.07, 6.45) is 1.52. The normalized spacial score (nSPS) is 19.0. The second-order valence-corrected chi connectivity index (χ2v) is 4.88. The summed E-state index contributed by atoms with van der Waals surface area (Å²) in [6.45, 7) is 0. The first-order valence-electron chi connectivity index (χ1n) is 3.91. The van der Waals surface area contributed by atoms with E-state index in [1.165, 1.54) is 11.5 Å². The molecule has 1 amide bonds. The Morgan fingerprint density at radius 3 is 2.71 bits per heavy atom. The number of fused-ring (bicyclic) bond motifs is 1. The Morgan fingerprint density at radius 2 is 2.07 bits per heavy atom. The van der Waals surface area contributed by atoms with Crippen molar-refractivity contribution in [1.82, 2.24) is 0 Å². The highest BCUT2D eigenvalue weighted by atomic mass is 32.3. The average molecular weight is 211 g/mol. The number of amides is 1. The summed E-state index contributed by atoms with van der Waals surface area (Å²) in [5.74, 6) is -0.566. The molecule has 1 aromatic carbocycles. The molecule has 1 heterocycles. The third-order valence-electron chi connectivity index (χ3n) is 2.08. The molecule has 74 valence electrons. The summed E-state index contributed by atoms with van der Waals surface area (Å²) in [7, 11) is -2.85. The summed E-state index contributed by atoms with van der Waals surface area (Å²) in [6, 6.07) is 4.73. The molecule has 0 atom stereocenters. The Kier molecular flexibility index (Phi) is 1.88. The van der Waals surface area contributed by atoms with Gasteiger partial charge in [0, 0.05) is 16.5 Å². The molecule has 0 saturated carbocycles. The Bertz CT molecular complexity index is 440. The Morgan fingerprint density at radius 1 is 1.36 bits per heavy atom. The number of primary amides is 1. The van der Waals surface area contributed by atoms with Crippen LogP contribution in [0.1, 0.15) is 15.9 Å². The first-order valence-corrected chi connectivity index (χ1v) is 5.52. The van der Waals surface area contributed by atoms with Gasteiger partial charge >= 0.3 is 0 Å². The van der Waals surface area contributed by atoms with Crippen molar-refractivity contribution in [1.29, 1.82) is 0 Å². The first kappa shape index (κ1) is 9.26. The van der Waals surface area contributed by atoms with Gasteiger partial charge in [0.1, 0.15) is 0 Å². The van der Waals surface area contributed by atoms with E-state index in [1.54, 1.807) is 18.2 Å². The van der Waals surface area contributed by atoms with Gasteiger partial charge in [0.05, 0.1) is 4.90 Å². The van der Waals surface area contributed by atoms with Crippen molar-refractivity contribution in [3.63, 3.8) is 0 Å². The summed E-state index contributed by atoms with van der Waals surface area (Å²) in [5, 5.41) is 1.30. The zero-order valence-electron chi connectivity index (χ0n) is 7.18. The smallest absolute Gasteiger partial charge is 0.249 e. The standard InChI is InChI=1S/C9H9NO3S/c10-9(11)7-2-1-3-8-6(7)4-5-14(8,12)13/h1-5,12-13H,(H2,10,11). The van der Waals surface area contributed by atoms with E-state index in [9.17, 15) is 13.9 Å². The van der Waals surface area contributed by atoms with Gasteiger partial charge in [-0.05, 0) is 18.2 Å². The Hall–Kier alpha value is -1.30. The number of carbonyl (C=O) groups excluding carboxylic acids is 1. The average Bonchev–Trinajstić information content (AvgIpc) is 2.42. The van der Waals surface area contributed by atoms with Crippen molar-refractivity contribution >= 4 is 22.6 Å². The van der Waals surface area contributed by atoms with E-state index >= 15 is 0 Å². The zero-order valence-corrected chi connectivity index (χ0v) is 7.99. The fourth-order valence-electron chi connectivity index (χ4n) is 1.43. The molecule has 1 aliphatic heterocycles. The molecule has 1 aromatic rings. The highest BCUT2D eigenvalue weighted by Crippen LogP contribution is 2.56. The molecule has 1 aliphatic rings. The molecule has 0 bridgehead atoms. The predicted octanol–water partition coefficient (Wildman–Crippen LogP) is 1.88. The minimum atomic E-state index is -2.85. The van der Waals surface area contributed by atoms with Crippen molar-refractivity contribution in [2.45, 2.75) is 4.90 Å². The van der Waals surface area contributed by atoms with Gasteiger partial charge in [-0.15, -0.1) is 10.6 Å². The maximum absolute atomic E-state index is 11.0. The number of nitrogens with two attached hydrogens (primary N) is 1. The van der Waals surface area contributed by atoms with Gasteiger partial charge in [0.15, 0.2) is 0 Å². The van der Waals surface area contributed by atoms with Gasteiger partial charge in [0.2, 0.25) is 5.91 Å². The number of rotatable bonds is 1. The quantitative estimate of drug-likeness (QED) is 0.663. The third-order valence-corrected chi connectivity index (χ3v) is 3.60. The lowest BCUT2D eigenvalue weighted by Crippen LogP contribution is -2.12. The molecule has 0 unspecified atom stereocenters. The van der Waals surface area contributed by atoms with Crippen LogP contribution in [0, 0.1) is 0 Å². The summed E-state index contributed by atoms with van der Waals surface area (Å²) >= 11 is 0. The second kappa shape index (κ2) is 2.84. The Labute approximate surface area is 82.4 Å². The topological polar surface area (TPSA) is 83.6 Å². The number of hydrogen-bond acceptors (Lipinski definition) is 3.